The Labute approximate surface area is 163 Å². The molecule has 2 aromatic heterocycles. The molecule has 0 fully saturated rings. The lowest BCUT2D eigenvalue weighted by Crippen LogP contribution is -2.16. The number of thioether (sulfide) groups is 1. The van der Waals surface area contributed by atoms with Gasteiger partial charge in [-0.15, -0.1) is 10.2 Å². The van der Waals surface area contributed by atoms with Crippen molar-refractivity contribution in [3.8, 4) is 11.4 Å². The van der Waals surface area contributed by atoms with Gasteiger partial charge in [0.25, 0.3) is 0 Å². The zero-order chi connectivity index (χ0) is 19.4. The monoisotopic (exact) mass is 384 g/mol. The van der Waals surface area contributed by atoms with Gasteiger partial charge in [-0.25, -0.2) is 0 Å². The molecular weight excluding hydrogens is 360 g/mol. The van der Waals surface area contributed by atoms with Gasteiger partial charge in [0.2, 0.25) is 5.91 Å². The summed E-state index contributed by atoms with van der Waals surface area (Å²) < 4.78 is 7.21. The second-order valence-electron chi connectivity index (χ2n) is 6.49. The summed E-state index contributed by atoms with van der Waals surface area (Å²) in [4.78, 5) is 12.4. The summed E-state index contributed by atoms with van der Waals surface area (Å²) in [5, 5.41) is 12.2. The van der Waals surface area contributed by atoms with Crippen LogP contribution in [-0.4, -0.2) is 26.4 Å². The van der Waals surface area contributed by atoms with Crippen molar-refractivity contribution < 1.29 is 9.21 Å². The number of hydrogen-bond acceptors (Lipinski definition) is 5. The highest BCUT2D eigenvalue weighted by Crippen LogP contribution is 2.28. The van der Waals surface area contributed by atoms with Crippen molar-refractivity contribution in [3.63, 3.8) is 0 Å². The largest absolute Gasteiger partial charge is 0.469 e. The van der Waals surface area contributed by atoms with Gasteiger partial charge in [-0.05, 0) is 37.0 Å². The summed E-state index contributed by atoms with van der Waals surface area (Å²) in [5.41, 5.74) is 2.95. The number of carbonyl (C=O) groups excluding carboxylic acids is 1. The standard InChI is InChI=1S/C20H24N4O2S/c1-5-13(2)15-8-6-7-9-17(15)21-18(25)12-27-20-23-22-19(24(20)4)16-10-11-26-14(16)3/h6-11,13H,5,12H2,1-4H3,(H,21,25)/t13-/m0/s1. The van der Waals surface area contributed by atoms with Crippen LogP contribution in [0.5, 0.6) is 0 Å². The Morgan fingerprint density at radius 1 is 1.30 bits per heavy atom. The maximum absolute atomic E-state index is 12.4. The molecule has 1 amide bonds. The lowest BCUT2D eigenvalue weighted by molar-refractivity contribution is -0.113. The number of rotatable bonds is 7. The molecule has 3 aromatic rings. The van der Waals surface area contributed by atoms with Crippen LogP contribution in [0.2, 0.25) is 0 Å². The van der Waals surface area contributed by atoms with Gasteiger partial charge in [0, 0.05) is 12.7 Å². The maximum atomic E-state index is 12.4. The quantitative estimate of drug-likeness (QED) is 0.601. The van der Waals surface area contributed by atoms with Crippen molar-refractivity contribution in [2.24, 2.45) is 7.05 Å². The summed E-state index contributed by atoms with van der Waals surface area (Å²) in [7, 11) is 1.89. The van der Waals surface area contributed by atoms with E-state index in [0.29, 0.717) is 11.1 Å². The zero-order valence-electron chi connectivity index (χ0n) is 16.0. The number of aryl methyl sites for hydroxylation is 1. The summed E-state index contributed by atoms with van der Waals surface area (Å²) in [5.74, 6) is 2.13. The lowest BCUT2D eigenvalue weighted by Gasteiger charge is -2.15. The van der Waals surface area contributed by atoms with Crippen LogP contribution in [0.15, 0.2) is 46.2 Å². The van der Waals surface area contributed by atoms with Crippen LogP contribution in [0.3, 0.4) is 0 Å². The SMILES string of the molecule is CC[C@H](C)c1ccccc1NC(=O)CSc1nnc(-c2ccoc2C)n1C. The van der Waals surface area contributed by atoms with E-state index in [1.54, 1.807) is 6.26 Å². The molecule has 1 N–H and O–H groups in total. The molecule has 7 heteroatoms. The second kappa shape index (κ2) is 8.43. The number of nitrogens with zero attached hydrogens (tertiary/aromatic N) is 3. The molecule has 6 nitrogen and oxygen atoms in total. The van der Waals surface area contributed by atoms with Gasteiger partial charge < -0.3 is 14.3 Å². The van der Waals surface area contributed by atoms with Crippen LogP contribution in [0.4, 0.5) is 5.69 Å². The third kappa shape index (κ3) is 4.24. The topological polar surface area (TPSA) is 73.0 Å². The van der Waals surface area contributed by atoms with Gasteiger partial charge in [0.15, 0.2) is 11.0 Å². The fourth-order valence-corrected chi connectivity index (χ4v) is 3.58. The van der Waals surface area contributed by atoms with Crippen molar-refractivity contribution in [2.75, 3.05) is 11.1 Å². The number of nitrogens with one attached hydrogen (secondary N) is 1. The van der Waals surface area contributed by atoms with E-state index in [2.05, 4.69) is 35.4 Å². The first kappa shape index (κ1) is 19.2. The van der Waals surface area contributed by atoms with Gasteiger partial charge in [-0.2, -0.15) is 0 Å². The Morgan fingerprint density at radius 3 is 2.78 bits per heavy atom. The number of carbonyl (C=O) groups is 1. The Bertz CT molecular complexity index is 932. The van der Waals surface area contributed by atoms with Crippen molar-refractivity contribution in [1.82, 2.24) is 14.8 Å². The fraction of sp³-hybridized carbons (Fsp3) is 0.350. The lowest BCUT2D eigenvalue weighted by atomic mass is 9.97. The van der Waals surface area contributed by atoms with Crippen LogP contribution in [0.1, 0.15) is 37.5 Å². The molecule has 0 aliphatic carbocycles. The molecule has 1 aromatic carbocycles. The first-order valence-electron chi connectivity index (χ1n) is 8.96. The Hall–Kier alpha value is -2.54. The molecular formula is C20H24N4O2S. The highest BCUT2D eigenvalue weighted by molar-refractivity contribution is 7.99. The van der Waals surface area contributed by atoms with Gasteiger partial charge >= 0.3 is 0 Å². The Morgan fingerprint density at radius 2 is 2.07 bits per heavy atom. The van der Waals surface area contributed by atoms with Crippen LogP contribution < -0.4 is 5.32 Å². The molecule has 0 unspecified atom stereocenters. The van der Waals surface area contributed by atoms with E-state index in [0.717, 1.165) is 34.8 Å². The number of furan rings is 1. The smallest absolute Gasteiger partial charge is 0.234 e. The number of hydrogen-bond donors (Lipinski definition) is 1. The molecule has 3 rings (SSSR count). The summed E-state index contributed by atoms with van der Waals surface area (Å²) >= 11 is 1.37. The molecule has 0 aliphatic rings. The third-order valence-electron chi connectivity index (χ3n) is 4.65. The minimum Gasteiger partial charge on any atom is -0.469 e. The van der Waals surface area contributed by atoms with Crippen LogP contribution in [0.25, 0.3) is 11.4 Å². The van der Waals surface area contributed by atoms with Crippen molar-refractivity contribution in [2.45, 2.75) is 38.3 Å². The van der Waals surface area contributed by atoms with Gasteiger partial charge in [-0.1, -0.05) is 43.8 Å². The first-order valence-corrected chi connectivity index (χ1v) is 9.95. The van der Waals surface area contributed by atoms with Crippen molar-refractivity contribution in [3.05, 3.63) is 47.9 Å². The van der Waals surface area contributed by atoms with Gasteiger partial charge in [-0.3, -0.25) is 4.79 Å². The van der Waals surface area contributed by atoms with E-state index in [-0.39, 0.29) is 11.7 Å². The molecule has 0 spiro atoms. The van der Waals surface area contributed by atoms with Crippen LogP contribution in [0, 0.1) is 6.92 Å². The normalized spacial score (nSPS) is 12.1. The molecule has 27 heavy (non-hydrogen) atoms. The van der Waals surface area contributed by atoms with E-state index < -0.39 is 0 Å². The Kier molecular flexibility index (Phi) is 6.01. The zero-order valence-corrected chi connectivity index (χ0v) is 16.8. The molecule has 1 atom stereocenters. The second-order valence-corrected chi connectivity index (χ2v) is 7.43. The van der Waals surface area contributed by atoms with E-state index >= 15 is 0 Å². The third-order valence-corrected chi connectivity index (χ3v) is 5.67. The Balaban J connectivity index is 1.66. The molecule has 142 valence electrons. The number of para-hydroxylation sites is 1. The van der Waals surface area contributed by atoms with Crippen LogP contribution in [-0.2, 0) is 11.8 Å². The summed E-state index contributed by atoms with van der Waals surface area (Å²) in [6.45, 7) is 6.20. The average molecular weight is 385 g/mol. The van der Waals surface area contributed by atoms with E-state index in [1.807, 2.05) is 42.8 Å². The molecule has 0 bridgehead atoms. The summed E-state index contributed by atoms with van der Waals surface area (Å²) in [6.07, 6.45) is 2.66. The predicted octanol–water partition coefficient (Wildman–Crippen LogP) is 4.63. The minimum atomic E-state index is -0.0557. The molecule has 0 radical (unpaired) electrons. The van der Waals surface area contributed by atoms with Gasteiger partial charge in [0.05, 0.1) is 17.6 Å². The first-order chi connectivity index (χ1) is 13.0. The molecule has 0 saturated carbocycles. The van der Waals surface area contributed by atoms with E-state index in [9.17, 15) is 4.79 Å². The number of anilines is 1. The summed E-state index contributed by atoms with van der Waals surface area (Å²) in [6, 6.07) is 9.83. The molecule has 0 saturated heterocycles. The fourth-order valence-electron chi connectivity index (χ4n) is 2.87. The highest BCUT2D eigenvalue weighted by atomic mass is 32.2. The number of amides is 1. The molecule has 2 heterocycles. The predicted molar refractivity (Wildman–Crippen MR) is 108 cm³/mol. The van der Waals surface area contributed by atoms with Crippen molar-refractivity contribution >= 4 is 23.4 Å². The minimum absolute atomic E-state index is 0.0557. The van der Waals surface area contributed by atoms with E-state index in [4.69, 9.17) is 4.42 Å². The van der Waals surface area contributed by atoms with E-state index in [1.165, 1.54) is 11.8 Å². The number of benzene rings is 1. The van der Waals surface area contributed by atoms with Crippen molar-refractivity contribution in [1.29, 1.82) is 0 Å². The number of aromatic nitrogens is 3. The van der Waals surface area contributed by atoms with Crippen LogP contribution >= 0.6 is 11.8 Å². The molecule has 0 aliphatic heterocycles. The highest BCUT2D eigenvalue weighted by Gasteiger charge is 2.16. The average Bonchev–Trinajstić information content (AvgIpc) is 3.25. The maximum Gasteiger partial charge on any atom is 0.234 e. The van der Waals surface area contributed by atoms with Gasteiger partial charge in [0.1, 0.15) is 5.76 Å².